The minimum absolute atomic E-state index is 0.131. The van der Waals surface area contributed by atoms with Gasteiger partial charge in [0.25, 0.3) is 6.33 Å². The Balaban J connectivity index is 1.14. The molecule has 0 aliphatic heterocycles. The first kappa shape index (κ1) is 18.8. The van der Waals surface area contributed by atoms with E-state index in [-0.39, 0.29) is 45.1 Å². The van der Waals surface area contributed by atoms with Crippen LogP contribution in [-0.2, 0) is 5.41 Å². The predicted molar refractivity (Wildman–Crippen MR) is 237 cm³/mol. The van der Waals surface area contributed by atoms with E-state index in [1.165, 1.54) is 33.5 Å². The van der Waals surface area contributed by atoms with Gasteiger partial charge in [-0.1, -0.05) is 148 Å². The van der Waals surface area contributed by atoms with E-state index >= 15 is 0 Å². The maximum absolute atomic E-state index is 8.98. The molecule has 7 aromatic carbocycles. The Morgan fingerprint density at radius 2 is 1.36 bits per heavy atom. The average Bonchev–Trinajstić information content (AvgIpc) is 4.05. The van der Waals surface area contributed by atoms with Gasteiger partial charge in [0.15, 0.2) is 0 Å². The number of nitrogens with zero attached hydrogens (tertiary/aromatic N) is 4. The number of ether oxygens (including phenoxy) is 1. The lowest BCUT2D eigenvalue weighted by Gasteiger charge is -2.26. The number of aromatic nitrogens is 4. The van der Waals surface area contributed by atoms with Crippen LogP contribution < -0.4 is 9.30 Å². The maximum Gasteiger partial charge on any atom is 0.269 e. The topological polar surface area (TPSA) is 35.9 Å². The van der Waals surface area contributed by atoms with Gasteiger partial charge in [0.2, 0.25) is 0 Å². The van der Waals surface area contributed by atoms with Crippen molar-refractivity contribution in [2.75, 3.05) is 0 Å². The van der Waals surface area contributed by atoms with Crippen LogP contribution in [0, 0.1) is 13.2 Å². The summed E-state index contributed by atoms with van der Waals surface area (Å²) in [7, 11) is 0. The summed E-state index contributed by atoms with van der Waals surface area (Å²) < 4.78 is 200. The molecule has 0 saturated carbocycles. The van der Waals surface area contributed by atoms with Crippen molar-refractivity contribution in [3.63, 3.8) is 0 Å². The molecule has 3 heterocycles. The summed E-state index contributed by atoms with van der Waals surface area (Å²) in [6.45, 7) is -14.2. The van der Waals surface area contributed by atoms with Crippen LogP contribution in [0.25, 0.3) is 72.3 Å². The summed E-state index contributed by atoms with van der Waals surface area (Å²) in [4.78, 5) is 4.64. The monoisotopic (exact) mass is 772 g/mol. The smallest absolute Gasteiger partial charge is 0.269 e. The summed E-state index contributed by atoms with van der Waals surface area (Å²) >= 11 is 0. The van der Waals surface area contributed by atoms with E-state index in [0.29, 0.717) is 27.6 Å². The molecule has 10 aromatic rings. The number of benzene rings is 7. The van der Waals surface area contributed by atoms with Crippen molar-refractivity contribution in [2.24, 2.45) is 0 Å². The molecule has 0 unspecified atom stereocenters. The molecule has 10 rings (SSSR count). The molecule has 0 N–H and O–H groups in total. The molecule has 58 heavy (non-hydrogen) atoms. The van der Waals surface area contributed by atoms with Crippen LogP contribution in [-0.4, -0.2) is 14.1 Å². The Hall–Kier alpha value is -7.24. The predicted octanol–water partition coefficient (Wildman–Crippen LogP) is 12.9. The first-order valence-corrected chi connectivity index (χ1v) is 18.0. The zero-order chi connectivity index (χ0) is 58.1. The van der Waals surface area contributed by atoms with Crippen molar-refractivity contribution in [2.45, 2.75) is 32.8 Å². The third-order valence-electron chi connectivity index (χ3n) is 9.84. The second-order valence-corrected chi connectivity index (χ2v) is 13.4. The van der Waals surface area contributed by atoms with Crippen molar-refractivity contribution < 1.29 is 39.5 Å². The normalized spacial score (nSPS) is 18.1. The Kier molecular flexibility index (Phi) is 4.55. The summed E-state index contributed by atoms with van der Waals surface area (Å²) in [5.41, 5.74) is -4.35. The van der Waals surface area contributed by atoms with Gasteiger partial charge in [0.1, 0.15) is 17.3 Å². The van der Waals surface area contributed by atoms with Crippen molar-refractivity contribution in [1.29, 1.82) is 0 Å². The van der Waals surface area contributed by atoms with E-state index in [1.54, 1.807) is 77.4 Å². The van der Waals surface area contributed by atoms with Gasteiger partial charge in [-0.3, -0.25) is 13.7 Å². The van der Waals surface area contributed by atoms with Crippen LogP contribution in [0.5, 0.6) is 11.5 Å². The van der Waals surface area contributed by atoms with Gasteiger partial charge < -0.3 is 4.74 Å². The third-order valence-corrected chi connectivity index (χ3v) is 9.84. The standard InChI is InChI=1S/C53H42N4O/c1-36-31-51(54-34-45(36)38-19-9-6-10-20-38)57-47-26-12-11-23-43(47)44-30-29-41(33-50(44)57)58-40-22-15-21-39(32-40)55-35-56(49-28-14-13-27-48(49)55)52-42(37-17-7-5-8-18-37)24-16-25-46(52)53(2,3)4/h5-34H,1-4H3/i1D3,2D3,3D3,4D3,5D,6D,7D,8D,9D,10D,17D,18D,19D,20D. The average molecular weight is 773 g/mol. The van der Waals surface area contributed by atoms with Gasteiger partial charge in [-0.2, -0.15) is 0 Å². The molecule has 0 spiro atoms. The molecule has 0 aliphatic rings. The van der Waals surface area contributed by atoms with Gasteiger partial charge in [0, 0.05) is 45.0 Å². The van der Waals surface area contributed by atoms with E-state index in [4.69, 9.17) is 34.9 Å². The lowest BCUT2D eigenvalue weighted by molar-refractivity contribution is -0.572. The first-order chi connectivity index (χ1) is 37.4. The molecule has 280 valence electrons. The number of aryl methyl sites for hydroxylation is 1. The molecule has 0 fully saturated rings. The number of fused-ring (bicyclic) bond motifs is 4. The SMILES string of the molecule is [2H]c1c([2H])c([2H])c(-c2cnc(-n3c4ccccc4c4ccc(Oc5cccc(-n6[c-][n+](-c7c(-c8c([2H])c([2H])c([2H])c([2H])c8[2H])cccc7C(C([2H])([2H])[2H])(C([2H])([2H])[2H])C([2H])([2H])[2H])c7ccccc76)c5)cc43)cc2C([2H])([2H])[2H])c([2H])c1[2H]. The molecule has 0 amide bonds. The van der Waals surface area contributed by atoms with Crippen LogP contribution in [0.4, 0.5) is 0 Å². The molecule has 0 radical (unpaired) electrons. The summed E-state index contributed by atoms with van der Waals surface area (Å²) in [6, 6.07) is 23.6. The highest BCUT2D eigenvalue weighted by Crippen LogP contribution is 2.38. The summed E-state index contributed by atoms with van der Waals surface area (Å²) in [6.07, 6.45) is 4.34. The fourth-order valence-corrected chi connectivity index (χ4v) is 7.32. The van der Waals surface area contributed by atoms with E-state index in [1.807, 2.05) is 18.2 Å². The molecule has 0 bridgehead atoms. The fourth-order valence-electron chi connectivity index (χ4n) is 7.32. The van der Waals surface area contributed by atoms with Gasteiger partial charge in [-0.15, -0.1) is 0 Å². The second kappa shape index (κ2) is 14.1. The number of imidazole rings is 1. The number of para-hydroxylation sites is 4. The largest absolute Gasteiger partial charge is 0.458 e. The Morgan fingerprint density at radius 1 is 0.655 bits per heavy atom. The summed E-state index contributed by atoms with van der Waals surface area (Å²) in [5, 5.41) is 1.48. The Labute approximate surface area is 369 Å². The van der Waals surface area contributed by atoms with Crippen molar-refractivity contribution >= 4 is 32.8 Å². The maximum atomic E-state index is 8.98. The molecule has 0 aliphatic carbocycles. The highest BCUT2D eigenvalue weighted by Gasteiger charge is 2.25. The van der Waals surface area contributed by atoms with Gasteiger partial charge in [-0.05, 0) is 82.5 Å². The van der Waals surface area contributed by atoms with E-state index in [0.717, 1.165) is 11.5 Å². The van der Waals surface area contributed by atoms with E-state index in [9.17, 15) is 0 Å². The minimum Gasteiger partial charge on any atom is -0.458 e. The highest BCUT2D eigenvalue weighted by atomic mass is 16.5. The molecule has 0 saturated heterocycles. The highest BCUT2D eigenvalue weighted by molar-refractivity contribution is 6.09. The lowest BCUT2D eigenvalue weighted by atomic mass is 9.83. The Morgan fingerprint density at radius 3 is 2.16 bits per heavy atom. The first-order valence-electron chi connectivity index (χ1n) is 29.0. The van der Waals surface area contributed by atoms with Gasteiger partial charge in [0.05, 0.1) is 47.1 Å². The van der Waals surface area contributed by atoms with Crippen LogP contribution in [0.3, 0.4) is 0 Å². The summed E-state index contributed by atoms with van der Waals surface area (Å²) in [5.74, 6) is 0.667. The molecular weight excluding hydrogens is 709 g/mol. The van der Waals surface area contributed by atoms with Crippen LogP contribution in [0.15, 0.2) is 182 Å². The zero-order valence-corrected chi connectivity index (χ0v) is 30.2. The van der Waals surface area contributed by atoms with Crippen LogP contribution in [0.2, 0.25) is 0 Å². The van der Waals surface area contributed by atoms with Gasteiger partial charge >= 0.3 is 0 Å². The van der Waals surface area contributed by atoms with E-state index in [2.05, 4.69) is 11.3 Å². The Bertz CT molecular complexity index is 4100. The van der Waals surface area contributed by atoms with Crippen molar-refractivity contribution in [3.05, 3.63) is 199 Å². The zero-order valence-electron chi connectivity index (χ0n) is 52.2. The molecule has 5 nitrogen and oxygen atoms in total. The molecular formula is C53H42N4O. The second-order valence-electron chi connectivity index (χ2n) is 13.4. The molecule has 3 aromatic heterocycles. The number of pyridine rings is 1. The van der Waals surface area contributed by atoms with Crippen LogP contribution >= 0.6 is 0 Å². The lowest BCUT2D eigenvalue weighted by Crippen LogP contribution is -2.34. The third kappa shape index (κ3) is 6.12. The molecule has 5 heteroatoms. The number of rotatable bonds is 7. The number of hydrogen-bond acceptors (Lipinski definition) is 2. The van der Waals surface area contributed by atoms with Crippen molar-refractivity contribution in [1.82, 2.24) is 14.1 Å². The minimum atomic E-state index is -3.78. The fraction of sp³-hybridized carbons (Fsp3) is 0.0943. The molecule has 0 atom stereocenters. The quantitative estimate of drug-likeness (QED) is 0.119. The van der Waals surface area contributed by atoms with E-state index < -0.39 is 110 Å². The van der Waals surface area contributed by atoms with Gasteiger partial charge in [-0.25, -0.2) is 4.98 Å². The van der Waals surface area contributed by atoms with Crippen molar-refractivity contribution in [3.8, 4) is 50.9 Å². The number of hydrogen-bond donors (Lipinski definition) is 0. The van der Waals surface area contributed by atoms with Crippen LogP contribution in [0.1, 0.15) is 61.8 Å².